The van der Waals surface area contributed by atoms with Gasteiger partial charge in [-0.25, -0.2) is 0 Å². The normalized spacial score (nSPS) is 6.00. The second-order valence-corrected chi connectivity index (χ2v) is 1.39. The van der Waals surface area contributed by atoms with Crippen LogP contribution in [0.15, 0.2) is 0 Å². The van der Waals surface area contributed by atoms with Gasteiger partial charge >= 0.3 is 0 Å². The second kappa shape index (κ2) is 9.13. The average molecular weight is 130 g/mol. The van der Waals surface area contributed by atoms with E-state index in [0.29, 0.717) is 5.92 Å². The molecule has 1 radical (unpaired) electrons. The van der Waals surface area contributed by atoms with Gasteiger partial charge in [0, 0.05) is 0 Å². The van der Waals surface area contributed by atoms with Crippen LogP contribution < -0.4 is 0 Å². The van der Waals surface area contributed by atoms with Crippen molar-refractivity contribution in [2.45, 2.75) is 13.8 Å². The lowest BCUT2D eigenvalue weighted by atomic mass is 10.3. The lowest BCUT2D eigenvalue weighted by Crippen LogP contribution is -1.67. The Balaban J connectivity index is -0.0000000450. The monoisotopic (exact) mass is 129 g/mol. The molecule has 0 aromatic carbocycles. The third-order valence-corrected chi connectivity index (χ3v) is 0. The van der Waals surface area contributed by atoms with Gasteiger partial charge in [0.05, 0.1) is 0 Å². The van der Waals surface area contributed by atoms with E-state index in [2.05, 4.69) is 20.8 Å². The predicted molar refractivity (Wildman–Crippen MR) is 34.7 cm³/mol. The SMILES string of the molecule is Cl.Cl.[CH2]C(C)C. The van der Waals surface area contributed by atoms with E-state index >= 15 is 0 Å². The first kappa shape index (κ1) is 16.0. The van der Waals surface area contributed by atoms with Crippen LogP contribution in [-0.4, -0.2) is 0 Å². The van der Waals surface area contributed by atoms with Crippen molar-refractivity contribution in [2.75, 3.05) is 0 Å². The fourth-order valence-electron chi connectivity index (χ4n) is 0. The number of hydrogen-bond acceptors (Lipinski definition) is 0. The summed E-state index contributed by atoms with van der Waals surface area (Å²) in [6, 6.07) is 0. The molecule has 0 aliphatic heterocycles. The molecule has 2 heteroatoms. The summed E-state index contributed by atoms with van der Waals surface area (Å²) < 4.78 is 0. The van der Waals surface area contributed by atoms with E-state index in [4.69, 9.17) is 0 Å². The highest BCUT2D eigenvalue weighted by Gasteiger charge is 1.68. The first-order valence-corrected chi connectivity index (χ1v) is 1.56. The summed E-state index contributed by atoms with van der Waals surface area (Å²) in [7, 11) is 0. The van der Waals surface area contributed by atoms with Gasteiger partial charge in [0.25, 0.3) is 0 Å². The molecule has 0 rings (SSSR count). The van der Waals surface area contributed by atoms with Gasteiger partial charge in [0.15, 0.2) is 0 Å². The summed E-state index contributed by atoms with van der Waals surface area (Å²) in [5.74, 6) is 0.583. The summed E-state index contributed by atoms with van der Waals surface area (Å²) >= 11 is 0. The maximum atomic E-state index is 3.64. The summed E-state index contributed by atoms with van der Waals surface area (Å²) in [4.78, 5) is 0. The minimum Gasteiger partial charge on any atom is -0.147 e. The van der Waals surface area contributed by atoms with Crippen LogP contribution in [0, 0.1) is 12.8 Å². The minimum atomic E-state index is 0. The fraction of sp³-hybridized carbons (Fsp3) is 0.750. The van der Waals surface area contributed by atoms with Crippen molar-refractivity contribution in [2.24, 2.45) is 5.92 Å². The van der Waals surface area contributed by atoms with Crippen molar-refractivity contribution in [1.82, 2.24) is 0 Å². The van der Waals surface area contributed by atoms with E-state index in [1.807, 2.05) is 0 Å². The average Bonchev–Trinajstić information content (AvgIpc) is 0.811. The molecule has 0 heterocycles. The molecule has 0 aliphatic rings. The summed E-state index contributed by atoms with van der Waals surface area (Å²) in [5, 5.41) is 0. The topological polar surface area (TPSA) is 0 Å². The van der Waals surface area contributed by atoms with Crippen molar-refractivity contribution < 1.29 is 0 Å². The number of rotatable bonds is 0. The quantitative estimate of drug-likeness (QED) is 0.472. The molecule has 0 fully saturated rings. The van der Waals surface area contributed by atoms with Gasteiger partial charge in [-0.3, -0.25) is 0 Å². The molecule has 0 nitrogen and oxygen atoms in total. The maximum absolute atomic E-state index is 3.64. The van der Waals surface area contributed by atoms with Gasteiger partial charge in [0.1, 0.15) is 0 Å². The molecule has 0 aromatic rings. The molecule has 0 atom stereocenters. The summed E-state index contributed by atoms with van der Waals surface area (Å²) in [6.07, 6.45) is 0. The molecule has 0 aromatic heterocycles. The second-order valence-electron chi connectivity index (χ2n) is 1.39. The first-order valence-electron chi connectivity index (χ1n) is 1.56. The number of halogens is 2. The van der Waals surface area contributed by atoms with Gasteiger partial charge in [-0.2, -0.15) is 0 Å². The van der Waals surface area contributed by atoms with E-state index < -0.39 is 0 Å². The molecule has 0 bridgehead atoms. The van der Waals surface area contributed by atoms with E-state index in [-0.39, 0.29) is 24.8 Å². The van der Waals surface area contributed by atoms with Crippen LogP contribution >= 0.6 is 24.8 Å². The zero-order chi connectivity index (χ0) is 3.58. The smallest absolute Gasteiger partial charge is 0.0471 e. The van der Waals surface area contributed by atoms with Crippen molar-refractivity contribution >= 4 is 24.8 Å². The van der Waals surface area contributed by atoms with Crippen LogP contribution in [-0.2, 0) is 0 Å². The Morgan fingerprint density at radius 2 is 1.17 bits per heavy atom. The Morgan fingerprint density at radius 1 is 1.17 bits per heavy atom. The largest absolute Gasteiger partial charge is 0.147 e. The van der Waals surface area contributed by atoms with Crippen LogP contribution in [0.25, 0.3) is 0 Å². The predicted octanol–water partition coefficient (Wildman–Crippen LogP) is 2.32. The van der Waals surface area contributed by atoms with Crippen LogP contribution in [0.2, 0.25) is 0 Å². The highest BCUT2D eigenvalue weighted by molar-refractivity contribution is 5.85. The Hall–Kier alpha value is 0.580. The summed E-state index contributed by atoms with van der Waals surface area (Å²) in [6.45, 7) is 7.75. The van der Waals surface area contributed by atoms with Crippen molar-refractivity contribution in [3.8, 4) is 0 Å². The van der Waals surface area contributed by atoms with Gasteiger partial charge in [-0.15, -0.1) is 24.8 Å². The fourth-order valence-corrected chi connectivity index (χ4v) is 0. The molecule has 0 spiro atoms. The third-order valence-electron chi connectivity index (χ3n) is 0. The Labute approximate surface area is 52.1 Å². The zero-order valence-electron chi connectivity index (χ0n) is 4.10. The van der Waals surface area contributed by atoms with Gasteiger partial charge in [0.2, 0.25) is 0 Å². The lowest BCUT2D eigenvalue weighted by molar-refractivity contribution is 0.827. The molecule has 6 heavy (non-hydrogen) atoms. The van der Waals surface area contributed by atoms with E-state index in [1.165, 1.54) is 0 Å². The molecule has 0 saturated carbocycles. The van der Waals surface area contributed by atoms with Crippen molar-refractivity contribution in [3.05, 3.63) is 6.92 Å². The first-order chi connectivity index (χ1) is 1.73. The molecule has 0 N–H and O–H groups in total. The van der Waals surface area contributed by atoms with Crippen LogP contribution in [0.1, 0.15) is 13.8 Å². The molecule has 0 unspecified atom stereocenters. The summed E-state index contributed by atoms with van der Waals surface area (Å²) in [5.41, 5.74) is 0. The highest BCUT2D eigenvalue weighted by atomic mass is 35.5. The van der Waals surface area contributed by atoms with Gasteiger partial charge in [-0.05, 0) is 5.92 Å². The molecular weight excluding hydrogens is 119 g/mol. The molecule has 0 aliphatic carbocycles. The standard InChI is InChI=1S/C4H9.2ClH/c1-4(2)3;;/h4H,1H2,2-3H3;2*1H. The van der Waals surface area contributed by atoms with Crippen LogP contribution in [0.4, 0.5) is 0 Å². The van der Waals surface area contributed by atoms with E-state index in [0.717, 1.165) is 0 Å². The van der Waals surface area contributed by atoms with E-state index in [9.17, 15) is 0 Å². The van der Waals surface area contributed by atoms with Crippen LogP contribution in [0.3, 0.4) is 0 Å². The van der Waals surface area contributed by atoms with Crippen molar-refractivity contribution in [3.63, 3.8) is 0 Å². The molecule has 0 saturated heterocycles. The van der Waals surface area contributed by atoms with Crippen molar-refractivity contribution in [1.29, 1.82) is 0 Å². The van der Waals surface area contributed by atoms with Gasteiger partial charge in [-0.1, -0.05) is 20.8 Å². The zero-order valence-corrected chi connectivity index (χ0v) is 5.73. The Kier molecular flexibility index (Phi) is 24.3. The molecular formula is C4H11Cl2. The Bertz CT molecular complexity index is 10.3. The third kappa shape index (κ3) is 174. The lowest BCUT2D eigenvalue weighted by Gasteiger charge is -1.78. The number of hydrogen-bond donors (Lipinski definition) is 0. The van der Waals surface area contributed by atoms with Gasteiger partial charge < -0.3 is 0 Å². The minimum absolute atomic E-state index is 0. The van der Waals surface area contributed by atoms with E-state index in [1.54, 1.807) is 0 Å². The maximum Gasteiger partial charge on any atom is -0.0471 e. The Morgan fingerprint density at radius 3 is 1.17 bits per heavy atom. The molecule has 0 amide bonds. The molecule has 41 valence electrons. The highest BCUT2D eigenvalue weighted by Crippen LogP contribution is 1.80. The van der Waals surface area contributed by atoms with Crippen LogP contribution in [0.5, 0.6) is 0 Å².